The molecular weight excluding hydrogens is 290 g/mol. The number of carbonyl (C=O) groups excluding carboxylic acids is 1. The van der Waals surface area contributed by atoms with E-state index in [-0.39, 0.29) is 5.91 Å². The molecular formula is C19H23NO3. The van der Waals surface area contributed by atoms with Crippen LogP contribution >= 0.6 is 0 Å². The Balaban J connectivity index is 1.65. The number of hydrogen-bond acceptors (Lipinski definition) is 3. The molecule has 0 radical (unpaired) electrons. The molecule has 3 rings (SSSR count). The highest BCUT2D eigenvalue weighted by Gasteiger charge is 2.25. The summed E-state index contributed by atoms with van der Waals surface area (Å²) in [5.41, 5.74) is 2.34. The van der Waals surface area contributed by atoms with Gasteiger partial charge >= 0.3 is 0 Å². The third kappa shape index (κ3) is 3.95. The molecule has 2 aromatic rings. The van der Waals surface area contributed by atoms with Crippen LogP contribution in [0.3, 0.4) is 0 Å². The summed E-state index contributed by atoms with van der Waals surface area (Å²) in [5, 5.41) is 2.92. The number of carbonyl (C=O) groups is 1. The molecule has 0 bridgehead atoms. The van der Waals surface area contributed by atoms with Crippen molar-refractivity contribution in [2.75, 3.05) is 0 Å². The first-order valence-electron chi connectivity index (χ1n) is 8.16. The van der Waals surface area contributed by atoms with Gasteiger partial charge in [-0.15, -0.1) is 0 Å². The minimum absolute atomic E-state index is 0.142. The fourth-order valence-electron chi connectivity index (χ4n) is 2.45. The van der Waals surface area contributed by atoms with Gasteiger partial charge in [-0.3, -0.25) is 4.79 Å². The minimum Gasteiger partial charge on any atom is -0.485 e. The molecule has 0 spiro atoms. The number of aryl methyl sites for hydroxylation is 1. The van der Waals surface area contributed by atoms with Gasteiger partial charge in [0.2, 0.25) is 0 Å². The Bertz CT molecular complexity index is 698. The molecule has 1 saturated carbocycles. The van der Waals surface area contributed by atoms with Crippen LogP contribution in [0.25, 0.3) is 0 Å². The first-order chi connectivity index (χ1) is 11.0. The fraction of sp³-hybridized carbons (Fsp3) is 0.421. The van der Waals surface area contributed by atoms with E-state index in [9.17, 15) is 4.79 Å². The number of rotatable bonds is 6. The first-order valence-corrected chi connectivity index (χ1v) is 8.16. The zero-order chi connectivity index (χ0) is 16.4. The van der Waals surface area contributed by atoms with Crippen LogP contribution in [0.2, 0.25) is 0 Å². The van der Waals surface area contributed by atoms with E-state index in [1.807, 2.05) is 13.0 Å². The van der Waals surface area contributed by atoms with E-state index in [0.717, 1.165) is 24.2 Å². The maximum absolute atomic E-state index is 11.9. The topological polar surface area (TPSA) is 51.5 Å². The van der Waals surface area contributed by atoms with Crippen LogP contribution in [0.1, 0.15) is 60.0 Å². The Morgan fingerprint density at radius 3 is 2.78 bits per heavy atom. The Morgan fingerprint density at radius 2 is 2.09 bits per heavy atom. The molecule has 1 heterocycles. The van der Waals surface area contributed by atoms with Crippen molar-refractivity contribution in [2.45, 2.75) is 52.2 Å². The average Bonchev–Trinajstić information content (AvgIpc) is 3.19. The smallest absolute Gasteiger partial charge is 0.287 e. The second-order valence-corrected chi connectivity index (χ2v) is 6.50. The van der Waals surface area contributed by atoms with Crippen molar-refractivity contribution in [2.24, 2.45) is 0 Å². The van der Waals surface area contributed by atoms with Crippen LogP contribution in [0.15, 0.2) is 34.7 Å². The molecule has 4 heteroatoms. The molecule has 23 heavy (non-hydrogen) atoms. The summed E-state index contributed by atoms with van der Waals surface area (Å²) >= 11 is 0. The Kier molecular flexibility index (Phi) is 4.42. The molecule has 0 saturated heterocycles. The highest BCUT2D eigenvalue weighted by Crippen LogP contribution is 2.28. The van der Waals surface area contributed by atoms with Crippen LogP contribution in [-0.4, -0.2) is 11.9 Å². The molecule has 1 aliphatic rings. The number of benzene rings is 1. The summed E-state index contributed by atoms with van der Waals surface area (Å²) in [6, 6.07) is 10.1. The van der Waals surface area contributed by atoms with Crippen molar-refractivity contribution < 1.29 is 13.9 Å². The van der Waals surface area contributed by atoms with Gasteiger partial charge in [0.05, 0.1) is 0 Å². The van der Waals surface area contributed by atoms with Crippen LogP contribution in [0.4, 0.5) is 0 Å². The van der Waals surface area contributed by atoms with E-state index >= 15 is 0 Å². The Labute approximate surface area is 136 Å². The first kappa shape index (κ1) is 15.7. The van der Waals surface area contributed by atoms with Gasteiger partial charge in [-0.2, -0.15) is 0 Å². The van der Waals surface area contributed by atoms with Crippen molar-refractivity contribution in [1.29, 1.82) is 0 Å². The molecule has 0 aliphatic heterocycles. The monoisotopic (exact) mass is 313 g/mol. The van der Waals surface area contributed by atoms with Crippen molar-refractivity contribution in [3.05, 3.63) is 53.0 Å². The lowest BCUT2D eigenvalue weighted by molar-refractivity contribution is 0.0919. The molecule has 1 fully saturated rings. The average molecular weight is 313 g/mol. The third-order valence-corrected chi connectivity index (χ3v) is 3.96. The summed E-state index contributed by atoms with van der Waals surface area (Å²) < 4.78 is 11.5. The van der Waals surface area contributed by atoms with E-state index in [1.165, 1.54) is 5.56 Å². The predicted octanol–water partition coefficient (Wildman–Crippen LogP) is 4.18. The molecule has 1 amide bonds. The third-order valence-electron chi connectivity index (χ3n) is 3.96. The van der Waals surface area contributed by atoms with Crippen LogP contribution < -0.4 is 10.1 Å². The highest BCUT2D eigenvalue weighted by molar-refractivity contribution is 5.91. The standard InChI is InChI=1S/C19H23NO3/c1-12(2)16-8-4-13(3)10-18(16)22-11-15-7-9-17(23-15)19(21)20-14-5-6-14/h4,7-10,12,14H,5-6,11H2,1-3H3,(H,20,21). The summed E-state index contributed by atoms with van der Waals surface area (Å²) in [6.07, 6.45) is 2.13. The van der Waals surface area contributed by atoms with Gasteiger partial charge in [0.1, 0.15) is 18.1 Å². The zero-order valence-corrected chi connectivity index (χ0v) is 13.9. The van der Waals surface area contributed by atoms with Crippen molar-refractivity contribution in [3.8, 4) is 5.75 Å². The quantitative estimate of drug-likeness (QED) is 0.870. The number of hydrogen-bond donors (Lipinski definition) is 1. The zero-order valence-electron chi connectivity index (χ0n) is 13.9. The van der Waals surface area contributed by atoms with Gasteiger partial charge < -0.3 is 14.5 Å². The summed E-state index contributed by atoms with van der Waals surface area (Å²) in [4.78, 5) is 11.9. The molecule has 1 aliphatic carbocycles. The van der Waals surface area contributed by atoms with Gasteiger partial charge in [-0.1, -0.05) is 26.0 Å². The number of furan rings is 1. The van der Waals surface area contributed by atoms with Gasteiger partial charge in [-0.05, 0) is 55.0 Å². The lowest BCUT2D eigenvalue weighted by Gasteiger charge is -2.14. The van der Waals surface area contributed by atoms with Gasteiger partial charge in [0, 0.05) is 6.04 Å². The van der Waals surface area contributed by atoms with E-state index < -0.39 is 0 Å². The summed E-state index contributed by atoms with van der Waals surface area (Å²) in [6.45, 7) is 6.65. The summed E-state index contributed by atoms with van der Waals surface area (Å²) in [7, 11) is 0. The maximum Gasteiger partial charge on any atom is 0.287 e. The predicted molar refractivity (Wildman–Crippen MR) is 88.8 cm³/mol. The maximum atomic E-state index is 11.9. The SMILES string of the molecule is Cc1ccc(C(C)C)c(OCc2ccc(C(=O)NC3CC3)o2)c1. The van der Waals surface area contributed by atoms with Crippen LogP contribution in [0, 0.1) is 6.92 Å². The Hall–Kier alpha value is -2.23. The minimum atomic E-state index is -0.142. The number of nitrogens with one attached hydrogen (secondary N) is 1. The van der Waals surface area contributed by atoms with Gasteiger partial charge in [-0.25, -0.2) is 0 Å². The molecule has 122 valence electrons. The van der Waals surface area contributed by atoms with E-state index in [2.05, 4.69) is 31.3 Å². The van der Waals surface area contributed by atoms with Crippen molar-refractivity contribution in [1.82, 2.24) is 5.32 Å². The number of ether oxygens (including phenoxy) is 1. The largest absolute Gasteiger partial charge is 0.485 e. The number of amides is 1. The normalized spacial score (nSPS) is 14.1. The lowest BCUT2D eigenvalue weighted by atomic mass is 10.0. The van der Waals surface area contributed by atoms with Crippen LogP contribution in [-0.2, 0) is 6.61 Å². The van der Waals surface area contributed by atoms with E-state index in [0.29, 0.717) is 30.1 Å². The van der Waals surface area contributed by atoms with E-state index in [4.69, 9.17) is 9.15 Å². The molecule has 0 atom stereocenters. The fourth-order valence-corrected chi connectivity index (χ4v) is 2.45. The molecule has 1 aromatic carbocycles. The van der Waals surface area contributed by atoms with Crippen LogP contribution in [0.5, 0.6) is 5.75 Å². The Morgan fingerprint density at radius 1 is 1.30 bits per heavy atom. The molecule has 1 N–H and O–H groups in total. The second-order valence-electron chi connectivity index (χ2n) is 6.50. The van der Waals surface area contributed by atoms with Crippen molar-refractivity contribution >= 4 is 5.91 Å². The van der Waals surface area contributed by atoms with E-state index in [1.54, 1.807) is 12.1 Å². The second kappa shape index (κ2) is 6.49. The van der Waals surface area contributed by atoms with Crippen molar-refractivity contribution in [3.63, 3.8) is 0 Å². The summed E-state index contributed by atoms with van der Waals surface area (Å²) in [5.74, 6) is 2.13. The lowest BCUT2D eigenvalue weighted by Crippen LogP contribution is -2.24. The molecule has 0 unspecified atom stereocenters. The van der Waals surface area contributed by atoms with Gasteiger partial charge in [0.25, 0.3) is 5.91 Å². The molecule has 1 aromatic heterocycles. The highest BCUT2D eigenvalue weighted by atomic mass is 16.5. The van der Waals surface area contributed by atoms with Gasteiger partial charge in [0.15, 0.2) is 5.76 Å². The molecule has 4 nitrogen and oxygen atoms in total.